The lowest BCUT2D eigenvalue weighted by Gasteiger charge is -2.35. The van der Waals surface area contributed by atoms with Crippen LogP contribution in [0, 0.1) is 6.92 Å². The van der Waals surface area contributed by atoms with E-state index in [9.17, 15) is 5.11 Å². The van der Waals surface area contributed by atoms with Crippen molar-refractivity contribution in [2.45, 2.75) is 19.1 Å². The van der Waals surface area contributed by atoms with Gasteiger partial charge in [0.05, 0.1) is 0 Å². The molecule has 0 aliphatic carbocycles. The summed E-state index contributed by atoms with van der Waals surface area (Å²) < 4.78 is 5.77. The highest BCUT2D eigenvalue weighted by Crippen LogP contribution is 2.18. The Morgan fingerprint density at radius 3 is 1.87 bits per heavy atom. The van der Waals surface area contributed by atoms with E-state index in [2.05, 4.69) is 67.6 Å². The van der Waals surface area contributed by atoms with Gasteiger partial charge in [0.1, 0.15) is 57.2 Å². The first-order valence-electron chi connectivity index (χ1n) is 11.3. The molecule has 4 nitrogen and oxygen atoms in total. The van der Waals surface area contributed by atoms with Crippen molar-refractivity contribution >= 4 is 0 Å². The van der Waals surface area contributed by atoms with Crippen LogP contribution in [0.5, 0.6) is 5.75 Å². The molecule has 1 fully saturated rings. The molecular weight excluding hydrogens is 384 g/mol. The van der Waals surface area contributed by atoms with Crippen molar-refractivity contribution in [3.8, 4) is 5.75 Å². The van der Waals surface area contributed by atoms with Crippen molar-refractivity contribution in [3.05, 3.63) is 102 Å². The third-order valence-electron chi connectivity index (χ3n) is 6.26. The second-order valence-electron chi connectivity index (χ2n) is 8.64. The van der Waals surface area contributed by atoms with Crippen LogP contribution in [0.1, 0.15) is 22.7 Å². The maximum Gasteiger partial charge on any atom is 0.139 e. The normalized spacial score (nSPS) is 19.8. The van der Waals surface area contributed by atoms with Crippen LogP contribution in [0.15, 0.2) is 84.9 Å². The maximum atomic E-state index is 10.5. The Hall–Kier alpha value is -2.66. The topological polar surface area (TPSA) is 38.3 Å². The third-order valence-corrected chi connectivity index (χ3v) is 6.26. The number of piperazine rings is 1. The second kappa shape index (κ2) is 10.6. The van der Waals surface area contributed by atoms with E-state index in [0.717, 1.165) is 38.5 Å². The minimum atomic E-state index is -0.447. The molecule has 0 spiro atoms. The highest BCUT2D eigenvalue weighted by atomic mass is 16.5. The van der Waals surface area contributed by atoms with Gasteiger partial charge in [-0.3, -0.25) is 0 Å². The van der Waals surface area contributed by atoms with Gasteiger partial charge in [-0.25, -0.2) is 0 Å². The van der Waals surface area contributed by atoms with Crippen LogP contribution >= 0.6 is 0 Å². The fraction of sp³-hybridized carbons (Fsp3) is 0.333. The first-order chi connectivity index (χ1) is 15.2. The second-order valence-corrected chi connectivity index (χ2v) is 8.64. The first-order valence-corrected chi connectivity index (χ1v) is 11.3. The van der Waals surface area contributed by atoms with Crippen LogP contribution in [0.3, 0.4) is 0 Å². The number of aliphatic hydroxyl groups is 1. The van der Waals surface area contributed by atoms with Crippen molar-refractivity contribution in [1.82, 2.24) is 0 Å². The van der Waals surface area contributed by atoms with Crippen LogP contribution in [-0.4, -0.2) is 50.5 Å². The number of aliphatic hydroxyl groups excluding tert-OH is 1. The van der Waals surface area contributed by atoms with Gasteiger partial charge < -0.3 is 19.6 Å². The zero-order valence-corrected chi connectivity index (χ0v) is 18.3. The molecular formula is C27H34N2O2+2. The van der Waals surface area contributed by atoms with Crippen molar-refractivity contribution in [1.29, 1.82) is 0 Å². The largest absolute Gasteiger partial charge is 0.491 e. The number of quaternary nitrogens is 2. The monoisotopic (exact) mass is 418 g/mol. The quantitative estimate of drug-likeness (QED) is 0.516. The number of hydrogen-bond acceptors (Lipinski definition) is 2. The molecule has 162 valence electrons. The molecule has 3 N–H and O–H groups in total. The summed E-state index contributed by atoms with van der Waals surface area (Å²) in [5.74, 6) is 0.822. The molecule has 1 saturated heterocycles. The lowest BCUT2D eigenvalue weighted by molar-refractivity contribution is -1.02. The van der Waals surface area contributed by atoms with Crippen LogP contribution in [0.2, 0.25) is 0 Å². The summed E-state index contributed by atoms with van der Waals surface area (Å²) in [6.45, 7) is 7.45. The smallest absolute Gasteiger partial charge is 0.139 e. The predicted octanol–water partition coefficient (Wildman–Crippen LogP) is 1.31. The van der Waals surface area contributed by atoms with Gasteiger partial charge >= 0.3 is 0 Å². The Bertz CT molecular complexity index is 867. The fourth-order valence-electron chi connectivity index (χ4n) is 4.59. The summed E-state index contributed by atoms with van der Waals surface area (Å²) in [4.78, 5) is 3.06. The van der Waals surface area contributed by atoms with E-state index in [-0.39, 0.29) is 0 Å². The van der Waals surface area contributed by atoms with Gasteiger partial charge in [0.15, 0.2) is 0 Å². The number of nitrogens with one attached hydrogen (secondary N) is 2. The summed E-state index contributed by atoms with van der Waals surface area (Å²) >= 11 is 0. The molecule has 1 aliphatic heterocycles. The fourth-order valence-corrected chi connectivity index (χ4v) is 4.59. The van der Waals surface area contributed by atoms with Gasteiger partial charge in [-0.1, -0.05) is 78.4 Å². The molecule has 4 heteroatoms. The lowest BCUT2D eigenvalue weighted by atomic mass is 9.96. The van der Waals surface area contributed by atoms with E-state index >= 15 is 0 Å². The molecule has 1 heterocycles. The van der Waals surface area contributed by atoms with E-state index in [1.807, 2.05) is 24.3 Å². The van der Waals surface area contributed by atoms with Crippen molar-refractivity contribution in [2.24, 2.45) is 0 Å². The van der Waals surface area contributed by atoms with Crippen LogP contribution in [0.4, 0.5) is 0 Å². The molecule has 0 amide bonds. The van der Waals surface area contributed by atoms with Crippen molar-refractivity contribution in [3.63, 3.8) is 0 Å². The van der Waals surface area contributed by atoms with E-state index < -0.39 is 6.10 Å². The summed E-state index contributed by atoms with van der Waals surface area (Å²) in [6.07, 6.45) is -0.447. The van der Waals surface area contributed by atoms with E-state index in [0.29, 0.717) is 12.6 Å². The summed E-state index contributed by atoms with van der Waals surface area (Å²) in [6, 6.07) is 30.0. The Kier molecular flexibility index (Phi) is 7.36. The molecule has 0 aromatic heterocycles. The number of benzene rings is 3. The Morgan fingerprint density at radius 2 is 1.32 bits per heavy atom. The molecule has 1 atom stereocenters. The van der Waals surface area contributed by atoms with Gasteiger partial charge in [0, 0.05) is 11.1 Å². The summed E-state index contributed by atoms with van der Waals surface area (Å²) in [7, 11) is 0. The molecule has 0 bridgehead atoms. The third kappa shape index (κ3) is 5.95. The van der Waals surface area contributed by atoms with E-state index in [1.165, 1.54) is 21.6 Å². The van der Waals surface area contributed by atoms with Gasteiger partial charge in [-0.2, -0.15) is 0 Å². The van der Waals surface area contributed by atoms with Crippen LogP contribution < -0.4 is 14.5 Å². The Balaban J connectivity index is 1.32. The zero-order chi connectivity index (χ0) is 21.5. The van der Waals surface area contributed by atoms with E-state index in [4.69, 9.17) is 4.74 Å². The maximum absolute atomic E-state index is 10.5. The zero-order valence-electron chi connectivity index (χ0n) is 18.3. The number of ether oxygens (including phenoxy) is 1. The minimum Gasteiger partial charge on any atom is -0.491 e. The molecule has 0 radical (unpaired) electrons. The predicted molar refractivity (Wildman–Crippen MR) is 124 cm³/mol. The molecule has 3 aromatic rings. The van der Waals surface area contributed by atoms with Gasteiger partial charge in [0.2, 0.25) is 0 Å². The number of rotatable bonds is 8. The molecule has 31 heavy (non-hydrogen) atoms. The van der Waals surface area contributed by atoms with E-state index in [1.54, 1.807) is 4.90 Å². The van der Waals surface area contributed by atoms with Crippen LogP contribution in [-0.2, 0) is 0 Å². The molecule has 4 rings (SSSR count). The number of aryl methyl sites for hydroxylation is 1. The van der Waals surface area contributed by atoms with Gasteiger partial charge in [0.25, 0.3) is 0 Å². The average Bonchev–Trinajstić information content (AvgIpc) is 2.81. The van der Waals surface area contributed by atoms with Crippen molar-refractivity contribution in [2.75, 3.05) is 39.3 Å². The SMILES string of the molecule is Cc1ccc(OC[C@@H](O)C[NH+]2CC[NH+](C(c3ccccc3)c3ccccc3)CC2)cc1. The Morgan fingerprint density at radius 1 is 0.774 bits per heavy atom. The summed E-state index contributed by atoms with van der Waals surface area (Å²) in [5.41, 5.74) is 3.96. The molecule has 3 aromatic carbocycles. The van der Waals surface area contributed by atoms with Crippen molar-refractivity contribution < 1.29 is 19.6 Å². The lowest BCUT2D eigenvalue weighted by Crippen LogP contribution is -3.28. The number of hydrogen-bond donors (Lipinski definition) is 3. The van der Waals surface area contributed by atoms with Gasteiger partial charge in [-0.05, 0) is 19.1 Å². The Labute approximate surface area is 185 Å². The molecule has 1 aliphatic rings. The average molecular weight is 419 g/mol. The molecule has 0 saturated carbocycles. The van der Waals surface area contributed by atoms with Crippen LogP contribution in [0.25, 0.3) is 0 Å². The summed E-state index contributed by atoms with van der Waals surface area (Å²) in [5, 5.41) is 10.5. The highest BCUT2D eigenvalue weighted by molar-refractivity contribution is 5.29. The van der Waals surface area contributed by atoms with Gasteiger partial charge in [-0.15, -0.1) is 0 Å². The first kappa shape index (κ1) is 21.6. The standard InChI is InChI=1S/C27H32N2O2/c1-22-12-14-26(15-13-22)31-21-25(30)20-28-16-18-29(19-17-28)27(23-8-4-2-5-9-23)24-10-6-3-7-11-24/h2-15,25,27,30H,16-21H2,1H3/p+2/t25-/m0/s1. The minimum absolute atomic E-state index is 0.347. The highest BCUT2D eigenvalue weighted by Gasteiger charge is 2.32. The molecule has 0 unspecified atom stereocenters.